The highest BCUT2D eigenvalue weighted by molar-refractivity contribution is 7.89. The first-order chi connectivity index (χ1) is 8.09. The molecule has 0 radical (unpaired) electrons. The van der Waals surface area contributed by atoms with Gasteiger partial charge in [-0.05, 0) is 37.0 Å². The maximum Gasteiger partial charge on any atom is 0.216 e. The molecular weight excluding hydrogens is 248 g/mol. The number of nitrogens with two attached hydrogens (primary N) is 1. The van der Waals surface area contributed by atoms with E-state index in [1.54, 1.807) is 11.4 Å². The highest BCUT2D eigenvalue weighted by Gasteiger charge is 2.54. The molecule has 0 aromatic heterocycles. The van der Waals surface area contributed by atoms with Gasteiger partial charge in [-0.2, -0.15) is 4.31 Å². The van der Waals surface area contributed by atoms with Gasteiger partial charge in [0.1, 0.15) is 0 Å². The fourth-order valence-electron chi connectivity index (χ4n) is 3.67. The van der Waals surface area contributed by atoms with Crippen LogP contribution in [0.2, 0.25) is 0 Å². The topological polar surface area (TPSA) is 63.4 Å². The van der Waals surface area contributed by atoms with E-state index >= 15 is 0 Å². The maximum absolute atomic E-state index is 12.0. The molecule has 2 aliphatic rings. The highest BCUT2D eigenvalue weighted by Crippen LogP contribution is 2.47. The number of rotatable bonds is 0. The van der Waals surface area contributed by atoms with Gasteiger partial charge in [-0.15, -0.1) is 0 Å². The second-order valence-electron chi connectivity index (χ2n) is 7.10. The Morgan fingerprint density at radius 2 is 1.72 bits per heavy atom. The molecule has 5 heteroatoms. The average molecular weight is 274 g/mol. The van der Waals surface area contributed by atoms with E-state index in [-0.39, 0.29) is 17.3 Å². The van der Waals surface area contributed by atoms with Crippen LogP contribution in [0.25, 0.3) is 0 Å². The third-order valence-corrected chi connectivity index (χ3v) is 7.18. The number of likely N-dealkylation sites (N-methyl/N-ethyl adjacent to an activating group) is 1. The summed E-state index contributed by atoms with van der Waals surface area (Å²) in [5.41, 5.74) is 6.15. The molecule has 0 bridgehead atoms. The van der Waals surface area contributed by atoms with E-state index in [1.807, 2.05) is 0 Å². The van der Waals surface area contributed by atoms with Crippen molar-refractivity contribution in [2.75, 3.05) is 12.8 Å². The van der Waals surface area contributed by atoms with Crippen molar-refractivity contribution in [3.8, 4) is 0 Å². The fourth-order valence-corrected chi connectivity index (χ4v) is 5.53. The van der Waals surface area contributed by atoms with E-state index in [9.17, 15) is 8.42 Å². The van der Waals surface area contributed by atoms with Gasteiger partial charge in [0, 0.05) is 13.1 Å². The Bertz CT molecular complexity index is 417. The highest BCUT2D eigenvalue weighted by atomic mass is 32.2. The van der Waals surface area contributed by atoms with E-state index < -0.39 is 10.0 Å². The molecule has 2 fully saturated rings. The molecule has 4 nitrogen and oxygen atoms in total. The zero-order chi connectivity index (χ0) is 13.8. The number of hydrogen-bond acceptors (Lipinski definition) is 3. The molecule has 18 heavy (non-hydrogen) atoms. The lowest BCUT2D eigenvalue weighted by atomic mass is 9.66. The minimum absolute atomic E-state index is 0.115. The van der Waals surface area contributed by atoms with E-state index in [1.165, 1.54) is 0 Å². The quantitative estimate of drug-likeness (QED) is 0.729. The standard InChI is InChI=1S/C13H26N2O2S/c1-12(2,3)10-5-7-13(8-6-10)11(14)9-18(16,17)15(13)4/h10-11H,5-9,14H2,1-4H3. The molecule has 0 aromatic rings. The lowest BCUT2D eigenvalue weighted by Gasteiger charge is -2.46. The first-order valence-corrected chi connectivity index (χ1v) is 8.43. The molecule has 1 atom stereocenters. The summed E-state index contributed by atoms with van der Waals surface area (Å²) in [4.78, 5) is 0. The molecule has 1 spiro atoms. The molecule has 1 saturated heterocycles. The van der Waals surface area contributed by atoms with Crippen molar-refractivity contribution < 1.29 is 8.42 Å². The summed E-state index contributed by atoms with van der Waals surface area (Å²) in [6.07, 6.45) is 3.98. The summed E-state index contributed by atoms with van der Waals surface area (Å²) in [5, 5.41) is 0. The van der Waals surface area contributed by atoms with Crippen LogP contribution in [0.4, 0.5) is 0 Å². The maximum atomic E-state index is 12.0. The largest absolute Gasteiger partial charge is 0.325 e. The van der Waals surface area contributed by atoms with E-state index in [0.717, 1.165) is 25.7 Å². The van der Waals surface area contributed by atoms with Crippen molar-refractivity contribution in [3.05, 3.63) is 0 Å². The normalized spacial score (nSPS) is 41.4. The molecule has 0 aromatic carbocycles. The average Bonchev–Trinajstić information content (AvgIpc) is 2.40. The van der Waals surface area contributed by atoms with Crippen LogP contribution >= 0.6 is 0 Å². The molecule has 1 heterocycles. The Balaban J connectivity index is 2.18. The minimum Gasteiger partial charge on any atom is -0.325 e. The Morgan fingerprint density at radius 1 is 1.22 bits per heavy atom. The lowest BCUT2D eigenvalue weighted by molar-refractivity contribution is 0.0746. The van der Waals surface area contributed by atoms with Gasteiger partial charge in [0.2, 0.25) is 10.0 Å². The Labute approximate surface area is 111 Å². The van der Waals surface area contributed by atoms with Gasteiger partial charge >= 0.3 is 0 Å². The van der Waals surface area contributed by atoms with Crippen molar-refractivity contribution >= 4 is 10.0 Å². The summed E-state index contributed by atoms with van der Waals surface area (Å²) in [7, 11) is -1.42. The van der Waals surface area contributed by atoms with Gasteiger partial charge in [-0.3, -0.25) is 0 Å². The van der Waals surface area contributed by atoms with Crippen molar-refractivity contribution in [2.45, 2.75) is 58.0 Å². The number of sulfonamides is 1. The van der Waals surface area contributed by atoms with Crippen LogP contribution in [-0.4, -0.2) is 37.1 Å². The predicted molar refractivity (Wildman–Crippen MR) is 73.7 cm³/mol. The van der Waals surface area contributed by atoms with Gasteiger partial charge in [0.15, 0.2) is 0 Å². The van der Waals surface area contributed by atoms with Crippen molar-refractivity contribution in [2.24, 2.45) is 17.1 Å². The van der Waals surface area contributed by atoms with Crippen LogP contribution in [0.5, 0.6) is 0 Å². The lowest BCUT2D eigenvalue weighted by Crippen LogP contribution is -2.55. The first-order valence-electron chi connectivity index (χ1n) is 6.82. The summed E-state index contributed by atoms with van der Waals surface area (Å²) in [6, 6.07) is -0.228. The van der Waals surface area contributed by atoms with Crippen LogP contribution in [0, 0.1) is 11.3 Å². The van der Waals surface area contributed by atoms with Crippen LogP contribution < -0.4 is 5.73 Å². The predicted octanol–water partition coefficient (Wildman–Crippen LogP) is 1.56. The molecule has 106 valence electrons. The zero-order valence-electron chi connectivity index (χ0n) is 11.9. The van der Waals surface area contributed by atoms with E-state index in [4.69, 9.17) is 5.73 Å². The minimum atomic E-state index is -3.13. The molecule has 2 N–H and O–H groups in total. The molecule has 1 unspecified atom stereocenters. The molecule has 1 saturated carbocycles. The summed E-state index contributed by atoms with van der Waals surface area (Å²) < 4.78 is 25.5. The number of nitrogens with zero attached hydrogens (tertiary/aromatic N) is 1. The molecule has 0 amide bonds. The SMILES string of the molecule is CN1C2(CCC(C(C)(C)C)CC2)C(N)CS1(=O)=O. The third-order valence-electron chi connectivity index (χ3n) is 5.20. The zero-order valence-corrected chi connectivity index (χ0v) is 12.8. The van der Waals surface area contributed by atoms with Gasteiger partial charge < -0.3 is 5.73 Å². The summed E-state index contributed by atoms with van der Waals surface area (Å²) >= 11 is 0. The smallest absolute Gasteiger partial charge is 0.216 e. The van der Waals surface area contributed by atoms with Gasteiger partial charge in [0.25, 0.3) is 0 Å². The summed E-state index contributed by atoms with van der Waals surface area (Å²) in [5.74, 6) is 0.788. The summed E-state index contributed by atoms with van der Waals surface area (Å²) in [6.45, 7) is 6.81. The second kappa shape index (κ2) is 4.18. The molecular formula is C13H26N2O2S. The monoisotopic (exact) mass is 274 g/mol. The van der Waals surface area contributed by atoms with Crippen LogP contribution in [-0.2, 0) is 10.0 Å². The van der Waals surface area contributed by atoms with Crippen molar-refractivity contribution in [1.29, 1.82) is 0 Å². The Kier molecular flexibility index (Phi) is 3.32. The van der Waals surface area contributed by atoms with Gasteiger partial charge in [0.05, 0.1) is 11.3 Å². The van der Waals surface area contributed by atoms with Crippen LogP contribution in [0.1, 0.15) is 46.5 Å². The Hall–Kier alpha value is -0.130. The van der Waals surface area contributed by atoms with E-state index in [0.29, 0.717) is 11.3 Å². The second-order valence-corrected chi connectivity index (χ2v) is 9.14. The number of hydrogen-bond donors (Lipinski definition) is 1. The van der Waals surface area contributed by atoms with Gasteiger partial charge in [-0.25, -0.2) is 8.42 Å². The van der Waals surface area contributed by atoms with E-state index in [2.05, 4.69) is 20.8 Å². The Morgan fingerprint density at radius 3 is 2.06 bits per heavy atom. The van der Waals surface area contributed by atoms with Crippen LogP contribution in [0.3, 0.4) is 0 Å². The van der Waals surface area contributed by atoms with Crippen molar-refractivity contribution in [1.82, 2.24) is 4.31 Å². The van der Waals surface area contributed by atoms with Gasteiger partial charge in [-0.1, -0.05) is 20.8 Å². The molecule has 1 aliphatic heterocycles. The third kappa shape index (κ3) is 2.10. The fraction of sp³-hybridized carbons (Fsp3) is 1.00. The molecule has 2 rings (SSSR count). The van der Waals surface area contributed by atoms with Crippen molar-refractivity contribution in [3.63, 3.8) is 0 Å². The first kappa shape index (κ1) is 14.3. The van der Waals surface area contributed by atoms with Crippen LogP contribution in [0.15, 0.2) is 0 Å². The molecule has 1 aliphatic carbocycles.